The van der Waals surface area contributed by atoms with Gasteiger partial charge in [-0.15, -0.1) is 0 Å². The van der Waals surface area contributed by atoms with E-state index in [0.717, 1.165) is 4.91 Å². The molecule has 72 valence electrons. The van der Waals surface area contributed by atoms with Crippen LogP contribution in [0.25, 0.3) is 4.85 Å². The molecule has 0 atom stereocenters. The summed E-state index contributed by atoms with van der Waals surface area (Å²) in [6, 6.07) is 1.82. The van der Waals surface area contributed by atoms with Gasteiger partial charge >= 0.3 is 0 Å². The summed E-state index contributed by atoms with van der Waals surface area (Å²) >= 11 is 1.26. The standard InChI is InChI=1S/C9H9N3OS/c1-4-12-8(13)6(2)14-9(12)7(5-10)11-3/h13H,4H2,1-2H3. The van der Waals surface area contributed by atoms with E-state index >= 15 is 0 Å². The van der Waals surface area contributed by atoms with Gasteiger partial charge in [0, 0.05) is 11.4 Å². The predicted octanol–water partition coefficient (Wildman–Crippen LogP) is 2.41. The number of rotatable bonds is 1. The third kappa shape index (κ3) is 1.55. The molecule has 14 heavy (non-hydrogen) atoms. The van der Waals surface area contributed by atoms with Gasteiger partial charge in [-0.05, 0) is 13.8 Å². The van der Waals surface area contributed by atoms with Crippen molar-refractivity contribution in [2.24, 2.45) is 0 Å². The first-order valence-corrected chi connectivity index (χ1v) is 4.84. The van der Waals surface area contributed by atoms with E-state index in [0.29, 0.717) is 11.6 Å². The van der Waals surface area contributed by atoms with Crippen LogP contribution in [0, 0.1) is 17.9 Å². The minimum atomic E-state index is 0.0280. The fraction of sp³-hybridized carbons (Fsp3) is 0.333. The number of nitriles is 1. The zero-order valence-corrected chi connectivity index (χ0v) is 8.72. The Morgan fingerprint density at radius 3 is 2.86 bits per heavy atom. The zero-order valence-electron chi connectivity index (χ0n) is 7.90. The van der Waals surface area contributed by atoms with Crippen molar-refractivity contribution >= 4 is 11.8 Å². The van der Waals surface area contributed by atoms with Crippen LogP contribution in [0.1, 0.15) is 13.8 Å². The van der Waals surface area contributed by atoms with Gasteiger partial charge in [0.2, 0.25) is 5.88 Å². The molecule has 0 radical (unpaired) electrons. The molecule has 1 aliphatic heterocycles. The van der Waals surface area contributed by atoms with Crippen LogP contribution >= 0.6 is 11.8 Å². The first-order chi connectivity index (χ1) is 6.65. The number of aliphatic hydroxyl groups is 1. The van der Waals surface area contributed by atoms with E-state index in [1.54, 1.807) is 11.8 Å². The van der Waals surface area contributed by atoms with Crippen LogP contribution in [-0.4, -0.2) is 16.6 Å². The Kier molecular flexibility index (Phi) is 3.06. The first-order valence-electron chi connectivity index (χ1n) is 4.02. The van der Waals surface area contributed by atoms with Crippen LogP contribution in [0.4, 0.5) is 0 Å². The summed E-state index contributed by atoms with van der Waals surface area (Å²) in [5, 5.41) is 18.8. The van der Waals surface area contributed by atoms with Crippen molar-refractivity contribution in [3.8, 4) is 6.07 Å². The molecule has 0 aromatic heterocycles. The smallest absolute Gasteiger partial charge is 0.291 e. The van der Waals surface area contributed by atoms with Crippen LogP contribution in [0.15, 0.2) is 21.5 Å². The maximum Gasteiger partial charge on any atom is 0.291 e. The molecular formula is C9H9N3OS. The van der Waals surface area contributed by atoms with Crippen molar-refractivity contribution in [2.45, 2.75) is 13.8 Å². The van der Waals surface area contributed by atoms with Gasteiger partial charge in [-0.2, -0.15) is 0 Å². The van der Waals surface area contributed by atoms with Crippen molar-refractivity contribution < 1.29 is 5.11 Å². The quantitative estimate of drug-likeness (QED) is 0.530. The second-order valence-corrected chi connectivity index (χ2v) is 3.81. The molecule has 0 unspecified atom stereocenters. The van der Waals surface area contributed by atoms with E-state index < -0.39 is 0 Å². The van der Waals surface area contributed by atoms with Gasteiger partial charge < -0.3 is 10.0 Å². The fourth-order valence-electron chi connectivity index (χ4n) is 1.12. The van der Waals surface area contributed by atoms with E-state index in [2.05, 4.69) is 4.85 Å². The average molecular weight is 207 g/mol. The maximum atomic E-state index is 9.61. The molecule has 0 bridgehead atoms. The fourth-order valence-corrected chi connectivity index (χ4v) is 2.13. The number of allylic oxidation sites excluding steroid dienone is 2. The molecule has 5 heteroatoms. The van der Waals surface area contributed by atoms with Gasteiger partial charge in [-0.1, -0.05) is 11.8 Å². The highest BCUT2D eigenvalue weighted by Gasteiger charge is 2.27. The molecule has 4 nitrogen and oxygen atoms in total. The Morgan fingerprint density at radius 1 is 1.79 bits per heavy atom. The number of aliphatic hydroxyl groups excluding tert-OH is 1. The topological polar surface area (TPSA) is 51.6 Å². The molecule has 0 saturated heterocycles. The van der Waals surface area contributed by atoms with Gasteiger partial charge in [0.05, 0.1) is 17.7 Å². The van der Waals surface area contributed by atoms with E-state index in [9.17, 15) is 5.11 Å². The lowest BCUT2D eigenvalue weighted by atomic mass is 10.4. The Balaban J connectivity index is 3.17. The summed E-state index contributed by atoms with van der Waals surface area (Å²) in [5.74, 6) is 0.143. The molecule has 0 fully saturated rings. The van der Waals surface area contributed by atoms with E-state index in [1.165, 1.54) is 11.8 Å². The molecule has 0 amide bonds. The van der Waals surface area contributed by atoms with E-state index in [-0.39, 0.29) is 11.6 Å². The minimum Gasteiger partial charge on any atom is -0.494 e. The summed E-state index contributed by atoms with van der Waals surface area (Å²) in [6.45, 7) is 11.0. The Labute approximate surface area is 86.9 Å². The molecule has 0 spiro atoms. The van der Waals surface area contributed by atoms with E-state index in [4.69, 9.17) is 11.8 Å². The highest BCUT2D eigenvalue weighted by atomic mass is 32.2. The van der Waals surface area contributed by atoms with E-state index in [1.807, 2.05) is 13.0 Å². The molecule has 1 N–H and O–H groups in total. The van der Waals surface area contributed by atoms with Gasteiger partial charge in [0.1, 0.15) is 0 Å². The highest BCUT2D eigenvalue weighted by Crippen LogP contribution is 2.41. The second-order valence-electron chi connectivity index (χ2n) is 2.60. The second kappa shape index (κ2) is 4.08. The van der Waals surface area contributed by atoms with Crippen LogP contribution in [0.2, 0.25) is 0 Å². The monoisotopic (exact) mass is 207 g/mol. The molecule has 0 aliphatic carbocycles. The van der Waals surface area contributed by atoms with Gasteiger partial charge in [-0.25, -0.2) is 10.1 Å². The van der Waals surface area contributed by atoms with Crippen molar-refractivity contribution in [3.63, 3.8) is 0 Å². The van der Waals surface area contributed by atoms with Crippen LogP contribution in [0.5, 0.6) is 0 Å². The van der Waals surface area contributed by atoms with Crippen molar-refractivity contribution in [3.05, 3.63) is 32.9 Å². The molecule has 1 aliphatic rings. The maximum absolute atomic E-state index is 9.61. The predicted molar refractivity (Wildman–Crippen MR) is 54.5 cm³/mol. The lowest BCUT2D eigenvalue weighted by Gasteiger charge is -2.16. The van der Waals surface area contributed by atoms with Crippen LogP contribution in [-0.2, 0) is 0 Å². The minimum absolute atomic E-state index is 0.0280. The van der Waals surface area contributed by atoms with Gasteiger partial charge in [-0.3, -0.25) is 0 Å². The third-order valence-electron chi connectivity index (χ3n) is 1.80. The highest BCUT2D eigenvalue weighted by molar-refractivity contribution is 8.06. The largest absolute Gasteiger partial charge is 0.494 e. The summed E-state index contributed by atoms with van der Waals surface area (Å²) in [6.07, 6.45) is 0. The lowest BCUT2D eigenvalue weighted by Crippen LogP contribution is -2.17. The Bertz CT molecular complexity index is 381. The van der Waals surface area contributed by atoms with Crippen molar-refractivity contribution in [2.75, 3.05) is 6.54 Å². The molecule has 0 aromatic rings. The SMILES string of the molecule is [C-]#[N+]C(C#N)=C1SC(C)=C(O)N1CC. The van der Waals surface area contributed by atoms with Crippen LogP contribution in [0.3, 0.4) is 0 Å². The number of hydrogen-bond acceptors (Lipinski definition) is 4. The molecule has 0 aromatic carbocycles. The number of thioether (sulfide) groups is 1. The summed E-state index contributed by atoms with van der Waals surface area (Å²) in [5.41, 5.74) is 0.0280. The summed E-state index contributed by atoms with van der Waals surface area (Å²) < 4.78 is 0. The lowest BCUT2D eigenvalue weighted by molar-refractivity contribution is 0.259. The molecular weight excluding hydrogens is 198 g/mol. The molecule has 1 rings (SSSR count). The average Bonchev–Trinajstić information content (AvgIpc) is 2.45. The van der Waals surface area contributed by atoms with Crippen molar-refractivity contribution in [1.82, 2.24) is 4.90 Å². The molecule has 1 heterocycles. The van der Waals surface area contributed by atoms with Crippen LogP contribution < -0.4 is 0 Å². The number of hydrogen-bond donors (Lipinski definition) is 1. The third-order valence-corrected chi connectivity index (χ3v) is 2.90. The van der Waals surface area contributed by atoms with Crippen molar-refractivity contribution in [1.29, 1.82) is 5.26 Å². The first kappa shape index (κ1) is 10.5. The Morgan fingerprint density at radius 2 is 2.43 bits per heavy atom. The Hall–Kier alpha value is -1.59. The summed E-state index contributed by atoms with van der Waals surface area (Å²) in [4.78, 5) is 5.41. The zero-order chi connectivity index (χ0) is 10.7. The van der Waals surface area contributed by atoms with Gasteiger partial charge in [0.25, 0.3) is 5.70 Å². The summed E-state index contributed by atoms with van der Waals surface area (Å²) in [7, 11) is 0. The molecule has 0 saturated carbocycles. The van der Waals surface area contributed by atoms with Gasteiger partial charge in [0.15, 0.2) is 0 Å². The number of nitrogens with zero attached hydrogens (tertiary/aromatic N) is 3. The normalized spacial score (nSPS) is 19.3.